The highest BCUT2D eigenvalue weighted by molar-refractivity contribution is 5.85. The molecule has 5 heteroatoms. The fourth-order valence-corrected chi connectivity index (χ4v) is 2.39. The first-order chi connectivity index (χ1) is 10.1. The average Bonchev–Trinajstić information content (AvgIpc) is 2.53. The first-order valence-corrected chi connectivity index (χ1v) is 6.76. The van der Waals surface area contributed by atoms with Crippen LogP contribution in [0, 0.1) is 23.2 Å². The molecule has 1 aliphatic rings. The normalized spacial score (nSPS) is 20.5. The van der Waals surface area contributed by atoms with Crippen LogP contribution in [0.5, 0.6) is 0 Å². The molecule has 0 aromatic heterocycles. The highest BCUT2D eigenvalue weighted by Gasteiger charge is 2.33. The largest absolute Gasteiger partial charge is 0.481 e. The Labute approximate surface area is 122 Å². The highest BCUT2D eigenvalue weighted by Crippen LogP contribution is 2.26. The Morgan fingerprint density at radius 1 is 1.19 bits per heavy atom. The third-order valence-corrected chi connectivity index (χ3v) is 3.64. The zero-order chi connectivity index (χ0) is 15.2. The molecule has 2 rings (SSSR count). The zero-order valence-electron chi connectivity index (χ0n) is 11.5. The molecule has 1 aromatic carbocycles. The molecule has 0 radical (unpaired) electrons. The Kier molecular flexibility index (Phi) is 4.72. The van der Waals surface area contributed by atoms with E-state index in [1.54, 1.807) is 24.3 Å². The summed E-state index contributed by atoms with van der Waals surface area (Å²) in [6.07, 6.45) is 4.51. The lowest BCUT2D eigenvalue weighted by atomic mass is 9.82. The number of hydrogen-bond acceptors (Lipinski definition) is 3. The summed E-state index contributed by atoms with van der Waals surface area (Å²) in [6.45, 7) is 0.330. The molecule has 0 bridgehead atoms. The monoisotopic (exact) mass is 284 g/mol. The minimum absolute atomic E-state index is 0.240. The van der Waals surface area contributed by atoms with Gasteiger partial charge >= 0.3 is 5.97 Å². The van der Waals surface area contributed by atoms with Gasteiger partial charge in [-0.05, 0) is 30.5 Å². The summed E-state index contributed by atoms with van der Waals surface area (Å²) < 4.78 is 0. The van der Waals surface area contributed by atoms with Gasteiger partial charge in [-0.15, -0.1) is 0 Å². The molecule has 2 unspecified atom stereocenters. The number of benzene rings is 1. The van der Waals surface area contributed by atoms with Crippen molar-refractivity contribution in [2.45, 2.75) is 19.4 Å². The van der Waals surface area contributed by atoms with Crippen LogP contribution in [0.4, 0.5) is 0 Å². The summed E-state index contributed by atoms with van der Waals surface area (Å²) in [5.74, 6) is -2.35. The molecule has 2 atom stereocenters. The van der Waals surface area contributed by atoms with Crippen LogP contribution >= 0.6 is 0 Å². The smallest absolute Gasteiger partial charge is 0.307 e. The molecular weight excluding hydrogens is 268 g/mol. The predicted octanol–water partition coefficient (Wildman–Crippen LogP) is 1.84. The maximum atomic E-state index is 12.1. The van der Waals surface area contributed by atoms with Crippen molar-refractivity contribution in [3.05, 3.63) is 47.5 Å². The van der Waals surface area contributed by atoms with Crippen LogP contribution in [-0.4, -0.2) is 17.0 Å². The number of carbonyl (C=O) groups excluding carboxylic acids is 1. The second kappa shape index (κ2) is 6.71. The third-order valence-electron chi connectivity index (χ3n) is 3.64. The van der Waals surface area contributed by atoms with E-state index in [-0.39, 0.29) is 5.91 Å². The summed E-state index contributed by atoms with van der Waals surface area (Å²) in [6, 6.07) is 8.94. The van der Waals surface area contributed by atoms with E-state index >= 15 is 0 Å². The number of allylic oxidation sites excluding steroid dienone is 2. The predicted molar refractivity (Wildman–Crippen MR) is 76.0 cm³/mol. The Morgan fingerprint density at radius 2 is 1.81 bits per heavy atom. The number of carboxylic acids is 1. The minimum Gasteiger partial charge on any atom is -0.481 e. The Balaban J connectivity index is 1.95. The number of nitrogens with one attached hydrogen (secondary N) is 1. The summed E-state index contributed by atoms with van der Waals surface area (Å²) >= 11 is 0. The summed E-state index contributed by atoms with van der Waals surface area (Å²) in [4.78, 5) is 23.3. The van der Waals surface area contributed by atoms with Crippen molar-refractivity contribution in [2.24, 2.45) is 11.8 Å². The first kappa shape index (κ1) is 14.8. The molecule has 21 heavy (non-hydrogen) atoms. The van der Waals surface area contributed by atoms with Gasteiger partial charge in [-0.1, -0.05) is 24.3 Å². The molecule has 0 fully saturated rings. The van der Waals surface area contributed by atoms with E-state index < -0.39 is 17.8 Å². The van der Waals surface area contributed by atoms with Crippen LogP contribution in [0.1, 0.15) is 24.0 Å². The molecular formula is C16H16N2O3. The molecule has 0 saturated carbocycles. The molecule has 108 valence electrons. The highest BCUT2D eigenvalue weighted by atomic mass is 16.4. The summed E-state index contributed by atoms with van der Waals surface area (Å²) in [7, 11) is 0. The second-order valence-electron chi connectivity index (χ2n) is 5.02. The van der Waals surface area contributed by atoms with Gasteiger partial charge in [-0.3, -0.25) is 9.59 Å². The Morgan fingerprint density at radius 3 is 2.38 bits per heavy atom. The van der Waals surface area contributed by atoms with Gasteiger partial charge in [0.25, 0.3) is 0 Å². The lowest BCUT2D eigenvalue weighted by Gasteiger charge is -2.24. The number of rotatable bonds is 4. The van der Waals surface area contributed by atoms with Crippen molar-refractivity contribution in [3.8, 4) is 6.07 Å². The van der Waals surface area contributed by atoms with E-state index in [1.165, 1.54) is 0 Å². The van der Waals surface area contributed by atoms with Gasteiger partial charge in [0, 0.05) is 6.54 Å². The molecule has 2 N–H and O–H groups in total. The van der Waals surface area contributed by atoms with Gasteiger partial charge < -0.3 is 10.4 Å². The fourth-order valence-electron chi connectivity index (χ4n) is 2.39. The van der Waals surface area contributed by atoms with Crippen molar-refractivity contribution in [3.63, 3.8) is 0 Å². The van der Waals surface area contributed by atoms with Crippen molar-refractivity contribution in [1.82, 2.24) is 5.32 Å². The second-order valence-corrected chi connectivity index (χ2v) is 5.02. The fraction of sp³-hybridized carbons (Fsp3) is 0.312. The lowest BCUT2D eigenvalue weighted by molar-refractivity contribution is -0.147. The van der Waals surface area contributed by atoms with Gasteiger partial charge in [0.2, 0.25) is 5.91 Å². The number of carboxylic acid groups (broad SMARTS) is 1. The number of nitriles is 1. The van der Waals surface area contributed by atoms with Gasteiger partial charge in [-0.25, -0.2) is 0 Å². The van der Waals surface area contributed by atoms with Crippen molar-refractivity contribution in [1.29, 1.82) is 5.26 Å². The van der Waals surface area contributed by atoms with E-state index in [0.717, 1.165) is 5.56 Å². The van der Waals surface area contributed by atoms with Crippen molar-refractivity contribution in [2.75, 3.05) is 0 Å². The zero-order valence-corrected chi connectivity index (χ0v) is 11.5. The lowest BCUT2D eigenvalue weighted by Crippen LogP contribution is -2.38. The van der Waals surface area contributed by atoms with E-state index in [4.69, 9.17) is 10.4 Å². The number of nitrogens with zero attached hydrogens (tertiary/aromatic N) is 1. The van der Waals surface area contributed by atoms with Gasteiger partial charge in [0.15, 0.2) is 0 Å². The van der Waals surface area contributed by atoms with Gasteiger partial charge in [-0.2, -0.15) is 5.26 Å². The van der Waals surface area contributed by atoms with Crippen molar-refractivity contribution >= 4 is 11.9 Å². The Hall–Kier alpha value is -2.61. The SMILES string of the molecule is N#Cc1ccc(CNC(=O)C2CC=CCC2C(=O)O)cc1. The van der Waals surface area contributed by atoms with Crippen LogP contribution in [0.2, 0.25) is 0 Å². The number of carbonyl (C=O) groups is 2. The quantitative estimate of drug-likeness (QED) is 0.825. The van der Waals surface area contributed by atoms with E-state index in [0.29, 0.717) is 24.9 Å². The maximum Gasteiger partial charge on any atom is 0.307 e. The molecule has 0 spiro atoms. The minimum atomic E-state index is -0.933. The molecule has 0 saturated heterocycles. The average molecular weight is 284 g/mol. The van der Waals surface area contributed by atoms with Crippen LogP contribution < -0.4 is 5.32 Å². The number of hydrogen-bond donors (Lipinski definition) is 2. The molecule has 1 aliphatic carbocycles. The molecule has 1 aromatic rings. The topological polar surface area (TPSA) is 90.2 Å². The van der Waals surface area contributed by atoms with Crippen LogP contribution in [-0.2, 0) is 16.1 Å². The Bertz CT molecular complexity index is 599. The molecule has 0 aliphatic heterocycles. The van der Waals surface area contributed by atoms with Gasteiger partial charge in [0.05, 0.1) is 23.5 Å². The molecule has 5 nitrogen and oxygen atoms in total. The summed E-state index contributed by atoms with van der Waals surface area (Å²) in [5.41, 5.74) is 1.44. The maximum absolute atomic E-state index is 12.1. The van der Waals surface area contributed by atoms with Crippen molar-refractivity contribution < 1.29 is 14.7 Å². The van der Waals surface area contributed by atoms with Crippen LogP contribution in [0.3, 0.4) is 0 Å². The third kappa shape index (κ3) is 3.69. The first-order valence-electron chi connectivity index (χ1n) is 6.76. The van der Waals surface area contributed by atoms with E-state index in [1.807, 2.05) is 18.2 Å². The van der Waals surface area contributed by atoms with Gasteiger partial charge in [0.1, 0.15) is 0 Å². The number of amides is 1. The molecule has 1 amide bonds. The standard InChI is InChI=1S/C16H16N2O3/c17-9-11-5-7-12(8-6-11)10-18-15(19)13-3-1-2-4-14(13)16(20)21/h1-2,5-8,13-14H,3-4,10H2,(H,18,19)(H,20,21). The summed E-state index contributed by atoms with van der Waals surface area (Å²) in [5, 5.41) is 20.6. The molecule has 0 heterocycles. The van der Waals surface area contributed by atoms with Crippen LogP contribution in [0.15, 0.2) is 36.4 Å². The van der Waals surface area contributed by atoms with Crippen LogP contribution in [0.25, 0.3) is 0 Å². The number of aliphatic carboxylic acids is 1. The van der Waals surface area contributed by atoms with E-state index in [2.05, 4.69) is 5.32 Å². The van der Waals surface area contributed by atoms with E-state index in [9.17, 15) is 9.59 Å².